The van der Waals surface area contributed by atoms with Crippen LogP contribution in [0.4, 0.5) is 0 Å². The molecule has 0 saturated heterocycles. The number of hydrogen-bond acceptors (Lipinski definition) is 5. The smallest absolute Gasteiger partial charge is 0.164 e. The van der Waals surface area contributed by atoms with Crippen LogP contribution in [0.25, 0.3) is 99.9 Å². The summed E-state index contributed by atoms with van der Waals surface area (Å²) in [5.41, 5.74) is 8.09. The number of nitrogens with zero attached hydrogens (tertiary/aromatic N) is 3. The van der Waals surface area contributed by atoms with Crippen LogP contribution >= 0.6 is 0 Å². The first kappa shape index (κ1) is 26.6. The predicted octanol–water partition coefficient (Wildman–Crippen LogP) is 11.5. The van der Waals surface area contributed by atoms with Gasteiger partial charge in [-0.1, -0.05) is 133 Å². The molecule has 0 spiro atoms. The van der Waals surface area contributed by atoms with Crippen LogP contribution in [0.5, 0.6) is 0 Å². The van der Waals surface area contributed by atoms with Crippen molar-refractivity contribution in [1.29, 1.82) is 0 Å². The summed E-state index contributed by atoms with van der Waals surface area (Å²) in [6.45, 7) is 0. The van der Waals surface area contributed by atoms with E-state index in [-0.39, 0.29) is 0 Å². The van der Waals surface area contributed by atoms with Gasteiger partial charge in [-0.15, -0.1) is 0 Å². The molecule has 0 aliphatic carbocycles. The first-order valence-electron chi connectivity index (χ1n) is 15.9. The van der Waals surface area contributed by atoms with Crippen LogP contribution in [0.15, 0.2) is 160 Å². The Morgan fingerprint density at radius 3 is 1.73 bits per heavy atom. The van der Waals surface area contributed by atoms with Gasteiger partial charge in [-0.2, -0.15) is 0 Å². The van der Waals surface area contributed by atoms with Gasteiger partial charge >= 0.3 is 0 Å². The fourth-order valence-electron chi connectivity index (χ4n) is 6.99. The Morgan fingerprint density at radius 2 is 0.917 bits per heavy atom. The van der Waals surface area contributed by atoms with Gasteiger partial charge in [-0.25, -0.2) is 15.0 Å². The SMILES string of the molecule is c1ccc(-c2nc(-c3cc4oc5ccccc5c4c4ccccc34)nc(-c3cccc4oc5c(-c6ccccc6)cccc5c34)n2)cc1. The Bertz CT molecular complexity index is 2840. The monoisotopic (exact) mass is 615 g/mol. The largest absolute Gasteiger partial charge is 0.456 e. The van der Waals surface area contributed by atoms with E-state index in [0.29, 0.717) is 17.5 Å². The second-order valence-electron chi connectivity index (χ2n) is 11.9. The van der Waals surface area contributed by atoms with Crippen molar-refractivity contribution in [2.24, 2.45) is 0 Å². The molecule has 0 amide bonds. The normalized spacial score (nSPS) is 11.8. The standard InChI is InChI=1S/C43H25N3O2/c1-3-13-26(14-4-1)28-20-11-21-32-39-33(22-12-24-36(39)48-40(28)32)42-44-41(27-15-5-2-6-16-27)45-43(46-42)34-25-37-38(30-18-8-7-17-29(30)34)31-19-9-10-23-35(31)47-37/h1-25H. The molecule has 0 atom stereocenters. The molecule has 10 rings (SSSR count). The Hall–Kier alpha value is -6.59. The van der Waals surface area contributed by atoms with Crippen LogP contribution in [-0.2, 0) is 0 Å². The number of para-hydroxylation sites is 2. The van der Waals surface area contributed by atoms with Crippen LogP contribution in [0.1, 0.15) is 0 Å². The maximum atomic E-state index is 6.58. The van der Waals surface area contributed by atoms with E-state index in [2.05, 4.69) is 72.8 Å². The highest BCUT2D eigenvalue weighted by molar-refractivity contribution is 6.22. The molecule has 5 nitrogen and oxygen atoms in total. The van der Waals surface area contributed by atoms with Gasteiger partial charge in [0.25, 0.3) is 0 Å². The summed E-state index contributed by atoms with van der Waals surface area (Å²) < 4.78 is 13.0. The van der Waals surface area contributed by atoms with E-state index in [0.717, 1.165) is 82.5 Å². The van der Waals surface area contributed by atoms with Crippen LogP contribution in [-0.4, -0.2) is 15.0 Å². The highest BCUT2D eigenvalue weighted by Gasteiger charge is 2.21. The third-order valence-electron chi connectivity index (χ3n) is 9.14. The second kappa shape index (κ2) is 10.5. The summed E-state index contributed by atoms with van der Waals surface area (Å²) in [5, 5.41) is 6.30. The topological polar surface area (TPSA) is 65.0 Å². The van der Waals surface area contributed by atoms with Crippen molar-refractivity contribution >= 4 is 54.6 Å². The molecule has 0 unspecified atom stereocenters. The minimum absolute atomic E-state index is 0.575. The fourth-order valence-corrected chi connectivity index (χ4v) is 6.99. The van der Waals surface area contributed by atoms with E-state index < -0.39 is 0 Å². The molecular weight excluding hydrogens is 590 g/mol. The third-order valence-corrected chi connectivity index (χ3v) is 9.14. The van der Waals surface area contributed by atoms with E-state index in [1.54, 1.807) is 0 Å². The van der Waals surface area contributed by atoms with Crippen molar-refractivity contribution in [2.75, 3.05) is 0 Å². The predicted molar refractivity (Wildman–Crippen MR) is 194 cm³/mol. The van der Waals surface area contributed by atoms with Crippen molar-refractivity contribution in [1.82, 2.24) is 15.0 Å². The third kappa shape index (κ3) is 4.08. The summed E-state index contributed by atoms with van der Waals surface area (Å²) in [5.74, 6) is 1.75. The van der Waals surface area contributed by atoms with Gasteiger partial charge in [0.1, 0.15) is 22.3 Å². The zero-order valence-electron chi connectivity index (χ0n) is 25.6. The molecule has 3 aromatic heterocycles. The molecule has 7 aromatic carbocycles. The lowest BCUT2D eigenvalue weighted by atomic mass is 9.98. The molecule has 0 aliphatic rings. The molecule has 5 heteroatoms. The Morgan fingerprint density at radius 1 is 0.333 bits per heavy atom. The number of aromatic nitrogens is 3. The molecule has 0 N–H and O–H groups in total. The molecular formula is C43H25N3O2. The van der Waals surface area contributed by atoms with Crippen molar-refractivity contribution in [3.63, 3.8) is 0 Å². The van der Waals surface area contributed by atoms with E-state index in [1.807, 2.05) is 78.9 Å². The Labute approximate surface area is 274 Å². The highest BCUT2D eigenvalue weighted by Crippen LogP contribution is 2.42. The molecule has 0 aliphatic heterocycles. The molecule has 0 radical (unpaired) electrons. The number of hydrogen-bond donors (Lipinski definition) is 0. The summed E-state index contributed by atoms with van der Waals surface area (Å²) in [4.78, 5) is 15.4. The summed E-state index contributed by atoms with van der Waals surface area (Å²) in [6.07, 6.45) is 0. The van der Waals surface area contributed by atoms with Crippen molar-refractivity contribution in [3.8, 4) is 45.3 Å². The molecule has 0 saturated carbocycles. The highest BCUT2D eigenvalue weighted by atomic mass is 16.3. The molecule has 48 heavy (non-hydrogen) atoms. The van der Waals surface area contributed by atoms with Gasteiger partial charge < -0.3 is 8.83 Å². The van der Waals surface area contributed by atoms with Crippen LogP contribution < -0.4 is 0 Å². The minimum Gasteiger partial charge on any atom is -0.456 e. The maximum absolute atomic E-state index is 6.58. The lowest BCUT2D eigenvalue weighted by Gasteiger charge is -2.11. The van der Waals surface area contributed by atoms with Crippen LogP contribution in [0, 0.1) is 0 Å². The number of furan rings is 2. The summed E-state index contributed by atoms with van der Waals surface area (Å²) in [7, 11) is 0. The second-order valence-corrected chi connectivity index (χ2v) is 11.9. The zero-order chi connectivity index (χ0) is 31.6. The Balaban J connectivity index is 1.27. The average molecular weight is 616 g/mol. The van der Waals surface area contributed by atoms with Gasteiger partial charge in [-0.05, 0) is 34.5 Å². The van der Waals surface area contributed by atoms with Gasteiger partial charge in [0.2, 0.25) is 0 Å². The number of fused-ring (bicyclic) bond motifs is 8. The molecule has 0 fully saturated rings. The van der Waals surface area contributed by atoms with Crippen molar-refractivity contribution in [2.45, 2.75) is 0 Å². The molecule has 3 heterocycles. The average Bonchev–Trinajstić information content (AvgIpc) is 3.74. The van der Waals surface area contributed by atoms with Gasteiger partial charge in [0, 0.05) is 43.8 Å². The molecule has 10 aromatic rings. The van der Waals surface area contributed by atoms with Crippen LogP contribution in [0.3, 0.4) is 0 Å². The van der Waals surface area contributed by atoms with Crippen molar-refractivity contribution in [3.05, 3.63) is 152 Å². The van der Waals surface area contributed by atoms with Gasteiger partial charge in [0.05, 0.1) is 0 Å². The minimum atomic E-state index is 0.575. The van der Waals surface area contributed by atoms with Gasteiger partial charge in [0.15, 0.2) is 17.5 Å². The Kier molecular flexibility index (Phi) is 5.81. The summed E-state index contributed by atoms with van der Waals surface area (Å²) in [6, 6.07) is 51.4. The number of benzene rings is 7. The fraction of sp³-hybridized carbons (Fsp3) is 0. The number of rotatable bonds is 4. The van der Waals surface area contributed by atoms with E-state index in [4.69, 9.17) is 23.8 Å². The molecule has 224 valence electrons. The maximum Gasteiger partial charge on any atom is 0.164 e. The van der Waals surface area contributed by atoms with E-state index in [9.17, 15) is 0 Å². The van der Waals surface area contributed by atoms with Crippen molar-refractivity contribution < 1.29 is 8.83 Å². The lowest BCUT2D eigenvalue weighted by Crippen LogP contribution is -2.01. The molecule has 0 bridgehead atoms. The first-order valence-corrected chi connectivity index (χ1v) is 15.9. The van der Waals surface area contributed by atoms with E-state index in [1.165, 1.54) is 0 Å². The van der Waals surface area contributed by atoms with Crippen LogP contribution in [0.2, 0.25) is 0 Å². The van der Waals surface area contributed by atoms with Gasteiger partial charge in [-0.3, -0.25) is 0 Å². The van der Waals surface area contributed by atoms with E-state index >= 15 is 0 Å². The lowest BCUT2D eigenvalue weighted by molar-refractivity contribution is 0.669. The quantitative estimate of drug-likeness (QED) is 0.197. The first-order chi connectivity index (χ1) is 23.8. The summed E-state index contributed by atoms with van der Waals surface area (Å²) >= 11 is 0. The zero-order valence-corrected chi connectivity index (χ0v) is 25.6.